The standard InChI is InChI=1S/C13H20BrN3/c1-2-15-10-11-6-3-4-9-17(11)13-12(14)7-5-8-16-13/h5,7-8,11,15H,2-4,6,9-10H2,1H3. The summed E-state index contributed by atoms with van der Waals surface area (Å²) >= 11 is 3.60. The topological polar surface area (TPSA) is 28.2 Å². The van der Waals surface area contributed by atoms with Gasteiger partial charge in [0.15, 0.2) is 0 Å². The van der Waals surface area contributed by atoms with Crippen molar-refractivity contribution in [2.24, 2.45) is 0 Å². The molecule has 1 aliphatic heterocycles. The number of anilines is 1. The van der Waals surface area contributed by atoms with Crippen LogP contribution in [0.2, 0.25) is 0 Å². The number of hydrogen-bond acceptors (Lipinski definition) is 3. The first-order chi connectivity index (χ1) is 8.33. The first-order valence-corrected chi connectivity index (χ1v) is 7.20. The van der Waals surface area contributed by atoms with E-state index in [4.69, 9.17) is 0 Å². The van der Waals surface area contributed by atoms with Gasteiger partial charge in [0.1, 0.15) is 5.82 Å². The highest BCUT2D eigenvalue weighted by Crippen LogP contribution is 2.28. The Balaban J connectivity index is 2.13. The number of piperidine rings is 1. The average molecular weight is 298 g/mol. The lowest BCUT2D eigenvalue weighted by atomic mass is 10.0. The molecule has 4 heteroatoms. The number of hydrogen-bond donors (Lipinski definition) is 1. The van der Waals surface area contributed by atoms with E-state index >= 15 is 0 Å². The number of nitrogens with zero attached hydrogens (tertiary/aromatic N) is 2. The van der Waals surface area contributed by atoms with Gasteiger partial charge in [0.05, 0.1) is 4.47 Å². The van der Waals surface area contributed by atoms with Crippen LogP contribution in [-0.4, -0.2) is 30.7 Å². The van der Waals surface area contributed by atoms with Gasteiger partial charge in [-0.1, -0.05) is 6.92 Å². The van der Waals surface area contributed by atoms with Gasteiger partial charge in [0.25, 0.3) is 0 Å². The highest BCUT2D eigenvalue weighted by atomic mass is 79.9. The molecule has 0 saturated carbocycles. The van der Waals surface area contributed by atoms with Crippen LogP contribution in [0.15, 0.2) is 22.8 Å². The lowest BCUT2D eigenvalue weighted by Gasteiger charge is -2.37. The second-order valence-electron chi connectivity index (χ2n) is 4.46. The van der Waals surface area contributed by atoms with Crippen LogP contribution in [0.4, 0.5) is 5.82 Å². The van der Waals surface area contributed by atoms with E-state index in [2.05, 4.69) is 44.1 Å². The molecule has 0 aliphatic carbocycles. The first-order valence-electron chi connectivity index (χ1n) is 6.40. The summed E-state index contributed by atoms with van der Waals surface area (Å²) in [5.41, 5.74) is 0. The number of nitrogens with one attached hydrogen (secondary N) is 1. The molecule has 17 heavy (non-hydrogen) atoms. The van der Waals surface area contributed by atoms with Gasteiger partial charge in [-0.15, -0.1) is 0 Å². The molecule has 2 heterocycles. The Morgan fingerprint density at radius 1 is 1.53 bits per heavy atom. The van der Waals surface area contributed by atoms with E-state index in [-0.39, 0.29) is 0 Å². The Morgan fingerprint density at radius 2 is 2.41 bits per heavy atom. The summed E-state index contributed by atoms with van der Waals surface area (Å²) in [5, 5.41) is 3.45. The molecule has 2 rings (SSSR count). The number of rotatable bonds is 4. The highest BCUT2D eigenvalue weighted by molar-refractivity contribution is 9.10. The maximum atomic E-state index is 4.51. The molecular formula is C13H20BrN3. The van der Waals surface area contributed by atoms with Crippen molar-refractivity contribution in [1.82, 2.24) is 10.3 Å². The second-order valence-corrected chi connectivity index (χ2v) is 5.31. The third-order valence-corrected chi connectivity index (χ3v) is 3.89. The van der Waals surface area contributed by atoms with Crippen LogP contribution in [0.3, 0.4) is 0 Å². The zero-order chi connectivity index (χ0) is 12.1. The summed E-state index contributed by atoms with van der Waals surface area (Å²) in [4.78, 5) is 6.95. The molecule has 0 radical (unpaired) electrons. The van der Waals surface area contributed by atoms with Crippen molar-refractivity contribution in [3.05, 3.63) is 22.8 Å². The number of likely N-dealkylation sites (N-methyl/N-ethyl adjacent to an activating group) is 1. The van der Waals surface area contributed by atoms with E-state index in [0.29, 0.717) is 6.04 Å². The molecule has 3 nitrogen and oxygen atoms in total. The fourth-order valence-corrected chi connectivity index (χ4v) is 2.87. The van der Waals surface area contributed by atoms with Gasteiger partial charge in [-0.05, 0) is 53.9 Å². The maximum Gasteiger partial charge on any atom is 0.143 e. The molecule has 0 spiro atoms. The molecule has 1 aromatic rings. The Labute approximate surface area is 112 Å². The number of aromatic nitrogens is 1. The van der Waals surface area contributed by atoms with Gasteiger partial charge < -0.3 is 10.2 Å². The molecule has 0 amide bonds. The summed E-state index contributed by atoms with van der Waals surface area (Å²) in [6, 6.07) is 4.62. The van der Waals surface area contributed by atoms with Crippen LogP contribution in [-0.2, 0) is 0 Å². The maximum absolute atomic E-state index is 4.51. The minimum Gasteiger partial charge on any atom is -0.351 e. The van der Waals surface area contributed by atoms with E-state index in [1.165, 1.54) is 19.3 Å². The van der Waals surface area contributed by atoms with Crippen molar-refractivity contribution in [1.29, 1.82) is 0 Å². The molecular weight excluding hydrogens is 278 g/mol. The fourth-order valence-electron chi connectivity index (χ4n) is 2.39. The Kier molecular flexibility index (Phi) is 4.80. The molecule has 1 aliphatic rings. The van der Waals surface area contributed by atoms with Crippen LogP contribution in [0.25, 0.3) is 0 Å². The van der Waals surface area contributed by atoms with E-state index in [9.17, 15) is 0 Å². The first kappa shape index (κ1) is 12.8. The van der Waals surface area contributed by atoms with Crippen molar-refractivity contribution in [2.75, 3.05) is 24.5 Å². The Hall–Kier alpha value is -0.610. The molecule has 1 unspecified atom stereocenters. The molecule has 1 atom stereocenters. The zero-order valence-electron chi connectivity index (χ0n) is 10.3. The molecule has 0 aromatic carbocycles. The summed E-state index contributed by atoms with van der Waals surface area (Å²) in [7, 11) is 0. The summed E-state index contributed by atoms with van der Waals surface area (Å²) < 4.78 is 1.10. The van der Waals surface area contributed by atoms with Crippen LogP contribution >= 0.6 is 15.9 Å². The van der Waals surface area contributed by atoms with Crippen LogP contribution in [0.1, 0.15) is 26.2 Å². The minimum absolute atomic E-state index is 0.579. The zero-order valence-corrected chi connectivity index (χ0v) is 11.9. The third-order valence-electron chi connectivity index (χ3n) is 3.27. The second kappa shape index (κ2) is 6.36. The van der Waals surface area contributed by atoms with Gasteiger partial charge in [0, 0.05) is 25.3 Å². The van der Waals surface area contributed by atoms with Crippen molar-refractivity contribution in [3.8, 4) is 0 Å². The number of pyridine rings is 1. The average Bonchev–Trinajstić information content (AvgIpc) is 2.37. The van der Waals surface area contributed by atoms with E-state index < -0.39 is 0 Å². The monoisotopic (exact) mass is 297 g/mol. The molecule has 94 valence electrons. The molecule has 1 N–H and O–H groups in total. The molecule has 1 fully saturated rings. The van der Waals surface area contributed by atoms with Crippen LogP contribution in [0, 0.1) is 0 Å². The highest BCUT2D eigenvalue weighted by Gasteiger charge is 2.24. The van der Waals surface area contributed by atoms with E-state index in [1.54, 1.807) is 0 Å². The smallest absolute Gasteiger partial charge is 0.143 e. The van der Waals surface area contributed by atoms with Crippen molar-refractivity contribution in [2.45, 2.75) is 32.2 Å². The summed E-state index contributed by atoms with van der Waals surface area (Å²) in [6.07, 6.45) is 5.73. The normalized spacial score (nSPS) is 20.6. The minimum atomic E-state index is 0.579. The summed E-state index contributed by atoms with van der Waals surface area (Å²) in [5.74, 6) is 1.09. The van der Waals surface area contributed by atoms with E-state index in [0.717, 1.165) is 29.9 Å². The SMILES string of the molecule is CCNCC1CCCCN1c1ncccc1Br. The quantitative estimate of drug-likeness (QED) is 0.926. The molecule has 1 saturated heterocycles. The Bertz CT molecular complexity index is 356. The van der Waals surface area contributed by atoms with Crippen molar-refractivity contribution >= 4 is 21.7 Å². The van der Waals surface area contributed by atoms with E-state index in [1.807, 2.05) is 12.3 Å². The van der Waals surface area contributed by atoms with Gasteiger partial charge >= 0.3 is 0 Å². The lowest BCUT2D eigenvalue weighted by molar-refractivity contribution is 0.436. The third kappa shape index (κ3) is 3.19. The van der Waals surface area contributed by atoms with Crippen molar-refractivity contribution in [3.63, 3.8) is 0 Å². The van der Waals surface area contributed by atoms with Crippen LogP contribution in [0.5, 0.6) is 0 Å². The summed E-state index contributed by atoms with van der Waals surface area (Å²) in [6.45, 7) is 5.36. The lowest BCUT2D eigenvalue weighted by Crippen LogP contribution is -2.46. The Morgan fingerprint density at radius 3 is 3.18 bits per heavy atom. The predicted octanol–water partition coefficient (Wildman–Crippen LogP) is 2.81. The largest absolute Gasteiger partial charge is 0.351 e. The van der Waals surface area contributed by atoms with Gasteiger partial charge in [-0.2, -0.15) is 0 Å². The molecule has 1 aromatic heterocycles. The van der Waals surface area contributed by atoms with Crippen molar-refractivity contribution < 1.29 is 0 Å². The van der Waals surface area contributed by atoms with Gasteiger partial charge in [-0.3, -0.25) is 0 Å². The fraction of sp³-hybridized carbons (Fsp3) is 0.615. The van der Waals surface area contributed by atoms with Gasteiger partial charge in [0.2, 0.25) is 0 Å². The molecule has 0 bridgehead atoms. The van der Waals surface area contributed by atoms with Crippen LogP contribution < -0.4 is 10.2 Å². The predicted molar refractivity (Wildman–Crippen MR) is 75.5 cm³/mol. The van der Waals surface area contributed by atoms with Gasteiger partial charge in [-0.25, -0.2) is 4.98 Å². The number of halogens is 1.